The third-order valence-electron chi connectivity index (χ3n) is 5.91. The van der Waals surface area contributed by atoms with E-state index in [2.05, 4.69) is 15.3 Å². The molecule has 34 heavy (non-hydrogen) atoms. The predicted octanol–water partition coefficient (Wildman–Crippen LogP) is 5.06. The van der Waals surface area contributed by atoms with Crippen molar-refractivity contribution < 1.29 is 27.9 Å². The number of fused-ring (bicyclic) bond motifs is 1. The average Bonchev–Trinajstić information content (AvgIpc) is 3.20. The van der Waals surface area contributed by atoms with Crippen molar-refractivity contribution in [3.8, 4) is 0 Å². The van der Waals surface area contributed by atoms with E-state index in [4.69, 9.17) is 4.98 Å². The first kappa shape index (κ1) is 24.2. The van der Waals surface area contributed by atoms with Crippen molar-refractivity contribution in [3.63, 3.8) is 0 Å². The molecular formula is C23H23F3N4O3S. The van der Waals surface area contributed by atoms with Crippen molar-refractivity contribution in [2.75, 3.05) is 5.32 Å². The van der Waals surface area contributed by atoms with Crippen molar-refractivity contribution >= 4 is 39.4 Å². The van der Waals surface area contributed by atoms with Crippen LogP contribution in [-0.4, -0.2) is 32.3 Å². The summed E-state index contributed by atoms with van der Waals surface area (Å²) in [6.07, 6.45) is 0.463. The molecule has 0 spiro atoms. The van der Waals surface area contributed by atoms with Crippen molar-refractivity contribution in [1.29, 1.82) is 0 Å². The van der Waals surface area contributed by atoms with E-state index in [0.29, 0.717) is 11.1 Å². The fraction of sp³-hybridized carbons (Fsp3) is 0.435. The number of halogens is 3. The third-order valence-corrected chi connectivity index (χ3v) is 7.09. The number of benzene rings is 1. The number of thiazole rings is 1. The maximum Gasteiger partial charge on any atom is 0.451 e. The molecule has 0 atom stereocenters. The predicted molar refractivity (Wildman–Crippen MR) is 121 cm³/mol. The molecule has 0 unspecified atom stereocenters. The molecular weight excluding hydrogens is 469 g/mol. The Morgan fingerprint density at radius 2 is 1.88 bits per heavy atom. The van der Waals surface area contributed by atoms with Crippen LogP contribution in [-0.2, 0) is 16.6 Å². The number of carbonyl (C=O) groups excluding carboxylic acids is 2. The summed E-state index contributed by atoms with van der Waals surface area (Å²) in [5.41, 5.74) is -0.502. The Bertz CT molecular complexity index is 1230. The van der Waals surface area contributed by atoms with Gasteiger partial charge in [-0.3, -0.25) is 4.79 Å². The maximum atomic E-state index is 12.9. The van der Waals surface area contributed by atoms with Gasteiger partial charge in [0.25, 0.3) is 5.91 Å². The van der Waals surface area contributed by atoms with E-state index >= 15 is 0 Å². The zero-order valence-electron chi connectivity index (χ0n) is 18.5. The summed E-state index contributed by atoms with van der Waals surface area (Å²) in [6.45, 7) is 3.09. The highest BCUT2D eigenvalue weighted by Crippen LogP contribution is 2.41. The first-order chi connectivity index (χ1) is 16.0. The molecule has 1 fully saturated rings. The van der Waals surface area contributed by atoms with Gasteiger partial charge in [0.1, 0.15) is 12.0 Å². The molecule has 3 aromatic rings. The summed E-state index contributed by atoms with van der Waals surface area (Å²) in [4.78, 5) is 35.0. The number of aliphatic hydroxyl groups is 1. The van der Waals surface area contributed by atoms with Gasteiger partial charge in [-0.05, 0) is 57.7 Å². The largest absolute Gasteiger partial charge is 0.451 e. The summed E-state index contributed by atoms with van der Waals surface area (Å²) >= 11 is 1.47. The summed E-state index contributed by atoms with van der Waals surface area (Å²) in [5.74, 6) is -1.93. The van der Waals surface area contributed by atoms with E-state index in [0.717, 1.165) is 53.9 Å². The Balaban J connectivity index is 1.66. The SMILES string of the molecule is CC(C)(O)c1cc2nc(C3CCC(C=O)CC3)sc2cc1NC(=O)c1ccnc(C(F)(F)F)n1. The molecule has 180 valence electrons. The number of alkyl halides is 3. The monoisotopic (exact) mass is 492 g/mol. The Morgan fingerprint density at radius 1 is 1.18 bits per heavy atom. The van der Waals surface area contributed by atoms with Crippen LogP contribution < -0.4 is 5.32 Å². The molecule has 1 aliphatic carbocycles. The zero-order chi connectivity index (χ0) is 24.7. The second-order valence-corrected chi connectivity index (χ2v) is 10.0. The van der Waals surface area contributed by atoms with Crippen LogP contribution in [0.5, 0.6) is 0 Å². The minimum atomic E-state index is -4.78. The van der Waals surface area contributed by atoms with Crippen LogP contribution in [0.3, 0.4) is 0 Å². The number of hydrogen-bond acceptors (Lipinski definition) is 7. The minimum absolute atomic E-state index is 0.0916. The normalized spacial score (nSPS) is 19.2. The summed E-state index contributed by atoms with van der Waals surface area (Å²) in [7, 11) is 0. The lowest BCUT2D eigenvalue weighted by molar-refractivity contribution is -0.145. The number of aldehydes is 1. The molecule has 2 N–H and O–H groups in total. The molecule has 1 amide bonds. The third kappa shape index (κ3) is 5.10. The lowest BCUT2D eigenvalue weighted by Crippen LogP contribution is -2.22. The molecule has 7 nitrogen and oxygen atoms in total. The van der Waals surface area contributed by atoms with Crippen LogP contribution in [0.2, 0.25) is 0 Å². The Kier molecular flexibility index (Phi) is 6.43. The van der Waals surface area contributed by atoms with Crippen LogP contribution in [0.4, 0.5) is 18.9 Å². The fourth-order valence-corrected chi connectivity index (χ4v) is 5.24. The van der Waals surface area contributed by atoms with E-state index in [9.17, 15) is 27.9 Å². The molecule has 1 aromatic carbocycles. The number of nitrogens with zero attached hydrogens (tertiary/aromatic N) is 3. The van der Waals surface area contributed by atoms with Gasteiger partial charge >= 0.3 is 6.18 Å². The number of hydrogen-bond donors (Lipinski definition) is 2. The van der Waals surface area contributed by atoms with Crippen molar-refractivity contribution in [1.82, 2.24) is 15.0 Å². The number of aromatic nitrogens is 3. The molecule has 1 saturated carbocycles. The topological polar surface area (TPSA) is 105 Å². The molecule has 0 saturated heterocycles. The highest BCUT2D eigenvalue weighted by atomic mass is 32.1. The van der Waals surface area contributed by atoms with Gasteiger partial charge in [-0.2, -0.15) is 13.2 Å². The second-order valence-electron chi connectivity index (χ2n) is 8.94. The minimum Gasteiger partial charge on any atom is -0.386 e. The Morgan fingerprint density at radius 3 is 2.50 bits per heavy atom. The van der Waals surface area contributed by atoms with Crippen LogP contribution in [0.1, 0.15) is 72.3 Å². The number of carbonyl (C=O) groups is 2. The first-order valence-electron chi connectivity index (χ1n) is 10.8. The van der Waals surface area contributed by atoms with Gasteiger partial charge in [-0.15, -0.1) is 11.3 Å². The summed E-state index contributed by atoms with van der Waals surface area (Å²) in [5, 5.41) is 14.2. The molecule has 2 aromatic heterocycles. The van der Waals surface area contributed by atoms with Gasteiger partial charge in [-0.1, -0.05) is 0 Å². The maximum absolute atomic E-state index is 12.9. The Hall–Kier alpha value is -2.92. The van der Waals surface area contributed by atoms with Crippen molar-refractivity contribution in [2.45, 2.75) is 57.2 Å². The van der Waals surface area contributed by atoms with Crippen LogP contribution in [0, 0.1) is 5.92 Å². The quantitative estimate of drug-likeness (QED) is 0.483. The molecule has 11 heteroatoms. The standard InChI is InChI=1S/C23H23F3N4O3S/c1-22(2,33)14-9-17-18(34-20(29-17)13-5-3-12(11-31)4-6-13)10-16(14)28-19(32)15-7-8-27-21(30-15)23(24,25)26/h7-13,33H,3-6H2,1-2H3,(H,28,32). The summed E-state index contributed by atoms with van der Waals surface area (Å²) in [6, 6.07) is 4.45. The van der Waals surface area contributed by atoms with Crippen molar-refractivity contribution in [3.05, 3.63) is 46.5 Å². The van der Waals surface area contributed by atoms with Gasteiger partial charge < -0.3 is 15.2 Å². The van der Waals surface area contributed by atoms with Gasteiger partial charge in [0.15, 0.2) is 0 Å². The first-order valence-corrected chi connectivity index (χ1v) is 11.6. The Labute approximate surface area is 197 Å². The number of anilines is 1. The smallest absolute Gasteiger partial charge is 0.386 e. The van der Waals surface area contributed by atoms with Crippen LogP contribution in [0.25, 0.3) is 10.2 Å². The van der Waals surface area contributed by atoms with E-state index in [1.165, 1.54) is 11.3 Å². The lowest BCUT2D eigenvalue weighted by atomic mass is 9.83. The lowest BCUT2D eigenvalue weighted by Gasteiger charge is -2.23. The van der Waals surface area contributed by atoms with Gasteiger partial charge in [0.2, 0.25) is 5.82 Å². The van der Waals surface area contributed by atoms with Gasteiger partial charge in [0.05, 0.1) is 20.8 Å². The molecule has 0 bridgehead atoms. The molecule has 0 aliphatic heterocycles. The molecule has 4 rings (SSSR count). The van der Waals surface area contributed by atoms with Crippen LogP contribution in [0.15, 0.2) is 24.4 Å². The highest BCUT2D eigenvalue weighted by molar-refractivity contribution is 7.18. The van der Waals surface area contributed by atoms with E-state index in [-0.39, 0.29) is 17.5 Å². The average molecular weight is 493 g/mol. The fourth-order valence-electron chi connectivity index (χ4n) is 4.09. The zero-order valence-corrected chi connectivity index (χ0v) is 19.3. The highest BCUT2D eigenvalue weighted by Gasteiger charge is 2.35. The molecule has 0 radical (unpaired) electrons. The molecule has 1 aliphatic rings. The summed E-state index contributed by atoms with van der Waals surface area (Å²) < 4.78 is 39.6. The van der Waals surface area contributed by atoms with Gasteiger partial charge in [0, 0.05) is 29.3 Å². The van der Waals surface area contributed by atoms with Crippen molar-refractivity contribution in [2.24, 2.45) is 5.92 Å². The number of rotatable bonds is 5. The van der Waals surface area contributed by atoms with E-state index in [1.54, 1.807) is 26.0 Å². The van der Waals surface area contributed by atoms with Crippen LogP contribution >= 0.6 is 11.3 Å². The number of nitrogens with one attached hydrogen (secondary N) is 1. The second kappa shape index (κ2) is 9.03. The van der Waals surface area contributed by atoms with E-state index < -0.39 is 29.2 Å². The van der Waals surface area contributed by atoms with E-state index in [1.807, 2.05) is 0 Å². The molecule has 2 heterocycles. The number of amides is 1. The van der Waals surface area contributed by atoms with Gasteiger partial charge in [-0.25, -0.2) is 15.0 Å².